The number of benzene rings is 2. The number of rotatable bonds is 4. The standard InChI is InChI=1S/C22H19N3O3/c1-15-19(10-11-20(23-15)16-6-3-2-4-7-16)21(26)24-17-8-5-9-18(14-17)25-12-13-28-22(25)27/h2-11,14H,12-13H2,1H3,(H,24,26). The molecule has 0 atom stereocenters. The molecule has 1 saturated heterocycles. The molecule has 0 radical (unpaired) electrons. The maximum Gasteiger partial charge on any atom is 0.414 e. The summed E-state index contributed by atoms with van der Waals surface area (Å²) in [6, 6.07) is 20.6. The molecule has 1 N–H and O–H groups in total. The van der Waals surface area contributed by atoms with Crippen LogP contribution < -0.4 is 10.2 Å². The maximum atomic E-state index is 12.7. The van der Waals surface area contributed by atoms with Crippen molar-refractivity contribution < 1.29 is 14.3 Å². The van der Waals surface area contributed by atoms with E-state index in [2.05, 4.69) is 10.3 Å². The summed E-state index contributed by atoms with van der Waals surface area (Å²) in [7, 11) is 0. The number of pyridine rings is 1. The Morgan fingerprint density at radius 1 is 1.07 bits per heavy atom. The van der Waals surface area contributed by atoms with Gasteiger partial charge in [-0.15, -0.1) is 0 Å². The topological polar surface area (TPSA) is 71.5 Å². The molecule has 28 heavy (non-hydrogen) atoms. The molecule has 1 fully saturated rings. The molecule has 1 aliphatic rings. The highest BCUT2D eigenvalue weighted by atomic mass is 16.6. The van der Waals surface area contributed by atoms with Crippen molar-refractivity contribution in [3.05, 3.63) is 78.0 Å². The average molecular weight is 373 g/mol. The first kappa shape index (κ1) is 17.7. The molecule has 2 aromatic carbocycles. The largest absolute Gasteiger partial charge is 0.447 e. The van der Waals surface area contributed by atoms with Crippen LogP contribution in [-0.4, -0.2) is 30.1 Å². The van der Waals surface area contributed by atoms with Crippen molar-refractivity contribution in [3.63, 3.8) is 0 Å². The number of nitrogens with one attached hydrogen (secondary N) is 1. The van der Waals surface area contributed by atoms with Gasteiger partial charge >= 0.3 is 6.09 Å². The van der Waals surface area contributed by atoms with E-state index in [4.69, 9.17) is 4.74 Å². The van der Waals surface area contributed by atoms with Crippen LogP contribution in [0.1, 0.15) is 16.1 Å². The lowest BCUT2D eigenvalue weighted by atomic mass is 10.1. The van der Waals surface area contributed by atoms with Crippen LogP contribution in [0.25, 0.3) is 11.3 Å². The van der Waals surface area contributed by atoms with Crippen molar-refractivity contribution in [1.82, 2.24) is 4.98 Å². The van der Waals surface area contributed by atoms with Gasteiger partial charge in [-0.2, -0.15) is 0 Å². The minimum absolute atomic E-state index is 0.245. The first-order valence-corrected chi connectivity index (χ1v) is 9.00. The van der Waals surface area contributed by atoms with Crippen molar-refractivity contribution >= 4 is 23.4 Å². The Labute approximate surface area is 162 Å². The second-order valence-electron chi connectivity index (χ2n) is 6.47. The minimum Gasteiger partial charge on any atom is -0.447 e. The number of hydrogen-bond acceptors (Lipinski definition) is 4. The predicted octanol–water partition coefficient (Wildman–Crippen LogP) is 4.27. The number of carbonyl (C=O) groups excluding carboxylic acids is 2. The Bertz CT molecular complexity index is 1030. The van der Waals surface area contributed by atoms with Crippen LogP contribution >= 0.6 is 0 Å². The summed E-state index contributed by atoms with van der Waals surface area (Å²) in [5.74, 6) is -0.245. The lowest BCUT2D eigenvalue weighted by Gasteiger charge is -2.14. The summed E-state index contributed by atoms with van der Waals surface area (Å²) in [4.78, 5) is 30.6. The molecule has 2 amide bonds. The van der Waals surface area contributed by atoms with E-state index in [1.165, 1.54) is 4.90 Å². The van der Waals surface area contributed by atoms with Gasteiger partial charge in [0.15, 0.2) is 0 Å². The average Bonchev–Trinajstić information content (AvgIpc) is 3.14. The van der Waals surface area contributed by atoms with E-state index in [9.17, 15) is 9.59 Å². The summed E-state index contributed by atoms with van der Waals surface area (Å²) in [6.45, 7) is 2.69. The Hall–Kier alpha value is -3.67. The molecule has 6 heteroatoms. The van der Waals surface area contributed by atoms with Gasteiger partial charge in [0, 0.05) is 16.9 Å². The number of nitrogens with zero attached hydrogens (tertiary/aromatic N) is 2. The molecule has 1 aliphatic heterocycles. The van der Waals surface area contributed by atoms with Gasteiger partial charge in [-0.1, -0.05) is 36.4 Å². The van der Waals surface area contributed by atoms with Crippen molar-refractivity contribution in [2.45, 2.75) is 6.92 Å². The summed E-state index contributed by atoms with van der Waals surface area (Å²) in [5.41, 5.74) is 4.28. The second kappa shape index (κ2) is 7.52. The third kappa shape index (κ3) is 3.57. The second-order valence-corrected chi connectivity index (χ2v) is 6.47. The number of carbonyl (C=O) groups is 2. The molecule has 4 rings (SSSR count). The van der Waals surface area contributed by atoms with E-state index in [0.29, 0.717) is 35.8 Å². The monoisotopic (exact) mass is 373 g/mol. The van der Waals surface area contributed by atoms with Gasteiger partial charge in [0.2, 0.25) is 0 Å². The van der Waals surface area contributed by atoms with E-state index >= 15 is 0 Å². The highest BCUT2D eigenvalue weighted by molar-refractivity contribution is 6.05. The fraction of sp³-hybridized carbons (Fsp3) is 0.136. The molecule has 0 saturated carbocycles. The van der Waals surface area contributed by atoms with E-state index < -0.39 is 0 Å². The third-order valence-corrected chi connectivity index (χ3v) is 4.58. The van der Waals surface area contributed by atoms with Gasteiger partial charge in [-0.05, 0) is 37.3 Å². The number of cyclic esters (lactones) is 1. The number of aryl methyl sites for hydroxylation is 1. The summed E-state index contributed by atoms with van der Waals surface area (Å²) in [5, 5.41) is 2.88. The number of ether oxygens (including phenoxy) is 1. The molecule has 0 aliphatic carbocycles. The van der Waals surface area contributed by atoms with Gasteiger partial charge in [0.1, 0.15) is 6.61 Å². The molecule has 3 aromatic rings. The van der Waals surface area contributed by atoms with E-state index in [1.54, 1.807) is 24.3 Å². The van der Waals surface area contributed by atoms with Crippen LogP contribution in [0.2, 0.25) is 0 Å². The maximum absolute atomic E-state index is 12.7. The highest BCUT2D eigenvalue weighted by Gasteiger charge is 2.23. The summed E-state index contributed by atoms with van der Waals surface area (Å²) in [6.07, 6.45) is -0.375. The van der Waals surface area contributed by atoms with Crippen LogP contribution in [-0.2, 0) is 4.74 Å². The summed E-state index contributed by atoms with van der Waals surface area (Å²) >= 11 is 0. The van der Waals surface area contributed by atoms with Crippen molar-refractivity contribution in [2.24, 2.45) is 0 Å². The van der Waals surface area contributed by atoms with Gasteiger partial charge < -0.3 is 10.1 Å². The van der Waals surface area contributed by atoms with Gasteiger partial charge in [-0.25, -0.2) is 4.79 Å². The number of hydrogen-bond donors (Lipinski definition) is 1. The fourth-order valence-corrected chi connectivity index (χ4v) is 3.15. The first-order chi connectivity index (χ1) is 13.6. The lowest BCUT2D eigenvalue weighted by molar-refractivity contribution is 0.102. The Morgan fingerprint density at radius 3 is 2.61 bits per heavy atom. The molecule has 140 valence electrons. The van der Waals surface area contributed by atoms with Gasteiger partial charge in [-0.3, -0.25) is 14.7 Å². The van der Waals surface area contributed by atoms with E-state index in [1.807, 2.05) is 49.4 Å². The van der Waals surface area contributed by atoms with Crippen LogP contribution in [0.5, 0.6) is 0 Å². The zero-order chi connectivity index (χ0) is 19.5. The number of aromatic nitrogens is 1. The Balaban J connectivity index is 1.53. The quantitative estimate of drug-likeness (QED) is 0.741. The van der Waals surface area contributed by atoms with Crippen molar-refractivity contribution in [2.75, 3.05) is 23.4 Å². The van der Waals surface area contributed by atoms with E-state index in [0.717, 1.165) is 11.3 Å². The SMILES string of the molecule is Cc1nc(-c2ccccc2)ccc1C(=O)Nc1cccc(N2CCOC2=O)c1. The molecular formula is C22H19N3O3. The van der Waals surface area contributed by atoms with Crippen LogP contribution in [0.3, 0.4) is 0 Å². The Morgan fingerprint density at radius 2 is 1.89 bits per heavy atom. The van der Waals surface area contributed by atoms with Gasteiger partial charge in [0.25, 0.3) is 5.91 Å². The summed E-state index contributed by atoms with van der Waals surface area (Å²) < 4.78 is 4.96. The molecule has 1 aromatic heterocycles. The minimum atomic E-state index is -0.375. The smallest absolute Gasteiger partial charge is 0.414 e. The van der Waals surface area contributed by atoms with Crippen LogP contribution in [0.15, 0.2) is 66.7 Å². The molecular weight excluding hydrogens is 354 g/mol. The third-order valence-electron chi connectivity index (χ3n) is 4.58. The fourth-order valence-electron chi connectivity index (χ4n) is 3.15. The number of amides is 2. The molecule has 0 unspecified atom stereocenters. The number of anilines is 2. The molecule has 0 spiro atoms. The molecule has 0 bridgehead atoms. The molecule has 2 heterocycles. The van der Waals surface area contributed by atoms with Crippen molar-refractivity contribution in [3.8, 4) is 11.3 Å². The van der Waals surface area contributed by atoms with Crippen molar-refractivity contribution in [1.29, 1.82) is 0 Å². The Kier molecular flexibility index (Phi) is 4.76. The highest BCUT2D eigenvalue weighted by Crippen LogP contribution is 2.24. The zero-order valence-electron chi connectivity index (χ0n) is 15.4. The molecule has 6 nitrogen and oxygen atoms in total. The van der Waals surface area contributed by atoms with Gasteiger partial charge in [0.05, 0.1) is 23.5 Å². The lowest BCUT2D eigenvalue weighted by Crippen LogP contribution is -2.23. The zero-order valence-corrected chi connectivity index (χ0v) is 15.4. The normalized spacial score (nSPS) is 13.3. The van der Waals surface area contributed by atoms with E-state index in [-0.39, 0.29) is 12.0 Å². The van der Waals surface area contributed by atoms with Crippen LogP contribution in [0.4, 0.5) is 16.2 Å². The predicted molar refractivity (Wildman–Crippen MR) is 107 cm³/mol. The van der Waals surface area contributed by atoms with Crippen LogP contribution in [0, 0.1) is 6.92 Å². The first-order valence-electron chi connectivity index (χ1n) is 9.00.